The summed E-state index contributed by atoms with van der Waals surface area (Å²) in [6, 6.07) is 5.72. The molecule has 2 fully saturated rings. The van der Waals surface area contributed by atoms with Crippen molar-refractivity contribution < 1.29 is 4.92 Å². The van der Waals surface area contributed by atoms with E-state index in [9.17, 15) is 10.1 Å². The van der Waals surface area contributed by atoms with E-state index in [1.54, 1.807) is 12.1 Å². The Hall–Kier alpha value is -0.920. The van der Waals surface area contributed by atoms with Gasteiger partial charge in [-0.3, -0.25) is 19.9 Å². The number of likely N-dealkylation sites (tertiary alicyclic amines) is 1. The van der Waals surface area contributed by atoms with E-state index in [1.165, 1.54) is 6.42 Å². The summed E-state index contributed by atoms with van der Waals surface area (Å²) in [5.41, 5.74) is 0.953. The Morgan fingerprint density at radius 2 is 2.04 bits per heavy atom. The van der Waals surface area contributed by atoms with Gasteiger partial charge in [0.05, 0.1) is 4.92 Å². The standard InChI is InChI=1S/C15H21ClN4O2.ClH/c16-14-2-1-12(9-15(14)20(21)22)10-18-6-3-13(11-18)19-7-4-17-5-8-19;/h1-2,9,13,17H,3-8,10-11H2;1H. The van der Waals surface area contributed by atoms with Crippen LogP contribution in [-0.2, 0) is 6.54 Å². The van der Waals surface area contributed by atoms with Gasteiger partial charge in [0.15, 0.2) is 0 Å². The van der Waals surface area contributed by atoms with Crippen molar-refractivity contribution in [1.82, 2.24) is 15.1 Å². The Morgan fingerprint density at radius 3 is 2.74 bits per heavy atom. The lowest BCUT2D eigenvalue weighted by Crippen LogP contribution is -2.49. The second-order valence-electron chi connectivity index (χ2n) is 6.01. The second kappa shape index (κ2) is 8.26. The predicted octanol–water partition coefficient (Wildman–Crippen LogP) is 2.15. The molecule has 128 valence electrons. The fourth-order valence-electron chi connectivity index (χ4n) is 3.36. The van der Waals surface area contributed by atoms with Gasteiger partial charge in [0.2, 0.25) is 0 Å². The van der Waals surface area contributed by atoms with E-state index in [4.69, 9.17) is 11.6 Å². The third kappa shape index (κ3) is 4.55. The van der Waals surface area contributed by atoms with Crippen LogP contribution in [0.15, 0.2) is 18.2 Å². The molecule has 2 saturated heterocycles. The van der Waals surface area contributed by atoms with E-state index < -0.39 is 4.92 Å². The van der Waals surface area contributed by atoms with Crippen molar-refractivity contribution in [3.8, 4) is 0 Å². The van der Waals surface area contributed by atoms with Crippen molar-refractivity contribution in [3.63, 3.8) is 0 Å². The molecule has 1 atom stereocenters. The summed E-state index contributed by atoms with van der Waals surface area (Å²) in [4.78, 5) is 15.5. The monoisotopic (exact) mass is 360 g/mol. The van der Waals surface area contributed by atoms with Crippen molar-refractivity contribution in [3.05, 3.63) is 38.9 Å². The molecule has 23 heavy (non-hydrogen) atoms. The van der Waals surface area contributed by atoms with Crippen LogP contribution in [0.2, 0.25) is 5.02 Å². The number of piperazine rings is 1. The first-order chi connectivity index (χ1) is 10.6. The summed E-state index contributed by atoms with van der Waals surface area (Å²) in [7, 11) is 0. The van der Waals surface area contributed by atoms with Crippen molar-refractivity contribution in [1.29, 1.82) is 0 Å². The summed E-state index contributed by atoms with van der Waals surface area (Å²) in [5.74, 6) is 0. The molecule has 2 heterocycles. The fraction of sp³-hybridized carbons (Fsp3) is 0.600. The molecule has 2 aliphatic rings. The maximum atomic E-state index is 11.0. The molecular formula is C15H22Cl2N4O2. The van der Waals surface area contributed by atoms with Gasteiger partial charge in [-0.05, 0) is 18.1 Å². The summed E-state index contributed by atoms with van der Waals surface area (Å²) >= 11 is 5.86. The molecule has 1 aromatic rings. The smallest absolute Gasteiger partial charge is 0.288 e. The summed E-state index contributed by atoms with van der Waals surface area (Å²) in [6.45, 7) is 7.21. The number of halogens is 2. The molecular weight excluding hydrogens is 339 g/mol. The fourth-order valence-corrected chi connectivity index (χ4v) is 3.54. The van der Waals surface area contributed by atoms with Gasteiger partial charge in [-0.25, -0.2) is 0 Å². The molecule has 0 aromatic heterocycles. The molecule has 1 N–H and O–H groups in total. The minimum atomic E-state index is -0.417. The van der Waals surface area contributed by atoms with Gasteiger partial charge in [-0.1, -0.05) is 17.7 Å². The Labute approximate surface area is 147 Å². The summed E-state index contributed by atoms with van der Waals surface area (Å²) < 4.78 is 0. The first-order valence-electron chi connectivity index (χ1n) is 7.73. The van der Waals surface area contributed by atoms with Gasteiger partial charge in [0.25, 0.3) is 5.69 Å². The van der Waals surface area contributed by atoms with E-state index in [-0.39, 0.29) is 23.1 Å². The van der Waals surface area contributed by atoms with Gasteiger partial charge in [-0.15, -0.1) is 12.4 Å². The Balaban J connectivity index is 0.00000192. The largest absolute Gasteiger partial charge is 0.314 e. The van der Waals surface area contributed by atoms with Crippen LogP contribution in [0.3, 0.4) is 0 Å². The van der Waals surface area contributed by atoms with Crippen LogP contribution in [0.25, 0.3) is 0 Å². The number of nitro benzene ring substituents is 1. The van der Waals surface area contributed by atoms with Gasteiger partial charge in [-0.2, -0.15) is 0 Å². The number of hydrogen-bond acceptors (Lipinski definition) is 5. The third-order valence-electron chi connectivity index (χ3n) is 4.53. The van der Waals surface area contributed by atoms with E-state index in [2.05, 4.69) is 15.1 Å². The van der Waals surface area contributed by atoms with Gasteiger partial charge < -0.3 is 5.32 Å². The molecule has 6 nitrogen and oxygen atoms in total. The second-order valence-corrected chi connectivity index (χ2v) is 6.41. The molecule has 0 amide bonds. The topological polar surface area (TPSA) is 61.7 Å². The third-order valence-corrected chi connectivity index (χ3v) is 4.85. The number of benzene rings is 1. The normalized spacial score (nSPS) is 22.7. The molecule has 0 bridgehead atoms. The van der Waals surface area contributed by atoms with Gasteiger partial charge in [0, 0.05) is 57.9 Å². The number of nitrogens with zero attached hydrogens (tertiary/aromatic N) is 3. The van der Waals surface area contributed by atoms with Crippen LogP contribution >= 0.6 is 24.0 Å². The Bertz CT molecular complexity index is 552. The highest BCUT2D eigenvalue weighted by molar-refractivity contribution is 6.32. The maximum Gasteiger partial charge on any atom is 0.288 e. The lowest BCUT2D eigenvalue weighted by atomic mass is 10.2. The molecule has 8 heteroatoms. The van der Waals surface area contributed by atoms with E-state index in [0.717, 1.165) is 51.4 Å². The van der Waals surface area contributed by atoms with Crippen LogP contribution < -0.4 is 5.32 Å². The van der Waals surface area contributed by atoms with Gasteiger partial charge >= 0.3 is 0 Å². The van der Waals surface area contributed by atoms with Crippen LogP contribution in [-0.4, -0.2) is 60.0 Å². The predicted molar refractivity (Wildman–Crippen MR) is 93.5 cm³/mol. The number of rotatable bonds is 4. The van der Waals surface area contributed by atoms with E-state index in [1.807, 2.05) is 6.07 Å². The van der Waals surface area contributed by atoms with Crippen molar-refractivity contribution in [2.24, 2.45) is 0 Å². The van der Waals surface area contributed by atoms with E-state index in [0.29, 0.717) is 6.04 Å². The van der Waals surface area contributed by atoms with Crippen molar-refractivity contribution in [2.45, 2.75) is 19.0 Å². The molecule has 2 aliphatic heterocycles. The first kappa shape index (κ1) is 18.4. The van der Waals surface area contributed by atoms with Crippen LogP contribution in [0.4, 0.5) is 5.69 Å². The number of hydrogen-bond donors (Lipinski definition) is 1. The molecule has 3 rings (SSSR count). The zero-order chi connectivity index (χ0) is 15.5. The molecule has 0 aliphatic carbocycles. The Morgan fingerprint density at radius 1 is 1.30 bits per heavy atom. The maximum absolute atomic E-state index is 11.0. The van der Waals surface area contributed by atoms with Crippen LogP contribution in [0.5, 0.6) is 0 Å². The van der Waals surface area contributed by atoms with Crippen LogP contribution in [0.1, 0.15) is 12.0 Å². The number of nitro groups is 1. The Kier molecular flexibility index (Phi) is 6.61. The zero-order valence-corrected chi connectivity index (χ0v) is 14.5. The van der Waals surface area contributed by atoms with Gasteiger partial charge in [0.1, 0.15) is 5.02 Å². The van der Waals surface area contributed by atoms with Crippen LogP contribution in [0, 0.1) is 10.1 Å². The molecule has 1 unspecified atom stereocenters. The molecule has 1 aromatic carbocycles. The molecule has 0 spiro atoms. The quantitative estimate of drug-likeness (QED) is 0.658. The average molecular weight is 361 g/mol. The lowest BCUT2D eigenvalue weighted by Gasteiger charge is -2.32. The highest BCUT2D eigenvalue weighted by atomic mass is 35.5. The SMILES string of the molecule is Cl.O=[N+]([O-])c1cc(CN2CCC(N3CCNCC3)C2)ccc1Cl. The zero-order valence-electron chi connectivity index (χ0n) is 12.9. The van der Waals surface area contributed by atoms with E-state index >= 15 is 0 Å². The van der Waals surface area contributed by atoms with Crippen molar-refractivity contribution in [2.75, 3.05) is 39.3 Å². The summed E-state index contributed by atoms with van der Waals surface area (Å²) in [6.07, 6.45) is 1.18. The number of nitrogens with one attached hydrogen (secondary N) is 1. The minimum Gasteiger partial charge on any atom is -0.314 e. The summed E-state index contributed by atoms with van der Waals surface area (Å²) in [5, 5.41) is 14.5. The van der Waals surface area contributed by atoms with Crippen molar-refractivity contribution >= 4 is 29.7 Å². The lowest BCUT2D eigenvalue weighted by molar-refractivity contribution is -0.384. The minimum absolute atomic E-state index is 0. The average Bonchev–Trinajstić information content (AvgIpc) is 2.98. The highest BCUT2D eigenvalue weighted by Gasteiger charge is 2.28. The first-order valence-corrected chi connectivity index (χ1v) is 8.11. The highest BCUT2D eigenvalue weighted by Crippen LogP contribution is 2.26. The molecule has 0 radical (unpaired) electrons. The molecule has 0 saturated carbocycles.